The second kappa shape index (κ2) is 9.09. The Labute approximate surface area is 179 Å². The molecule has 3 rings (SSSR count). The minimum atomic E-state index is -1.61. The highest BCUT2D eigenvalue weighted by molar-refractivity contribution is 6.46. The number of carbonyl (C=O) groups excluding carboxylic acids is 1. The number of nitrogens with one attached hydrogen (secondary N) is 2. The predicted molar refractivity (Wildman–Crippen MR) is 111 cm³/mol. The molecule has 0 radical (unpaired) electrons. The van der Waals surface area contributed by atoms with Crippen LogP contribution in [-0.4, -0.2) is 27.8 Å². The number of fused-ring (bicyclic) bond motifs is 1. The van der Waals surface area contributed by atoms with Gasteiger partial charge >= 0.3 is 6.09 Å². The first-order valence-electron chi connectivity index (χ1n) is 8.17. The summed E-state index contributed by atoms with van der Waals surface area (Å²) in [5, 5.41) is 23.7. The zero-order valence-electron chi connectivity index (χ0n) is 14.9. The highest BCUT2D eigenvalue weighted by Crippen LogP contribution is 2.39. The van der Waals surface area contributed by atoms with Crippen LogP contribution in [0.15, 0.2) is 53.8 Å². The van der Waals surface area contributed by atoms with Gasteiger partial charge in [-0.1, -0.05) is 29.3 Å². The Bertz CT molecular complexity index is 1200. The van der Waals surface area contributed by atoms with E-state index in [0.29, 0.717) is 5.75 Å². The molecule has 0 fully saturated rings. The van der Waals surface area contributed by atoms with Crippen LogP contribution in [-0.2, 0) is 4.79 Å². The van der Waals surface area contributed by atoms with Gasteiger partial charge in [0.1, 0.15) is 11.8 Å². The summed E-state index contributed by atoms with van der Waals surface area (Å²) in [7, 11) is 0. The third kappa shape index (κ3) is 4.94. The number of nitrogens with zero attached hydrogens (tertiary/aromatic N) is 3. The fourth-order valence-corrected chi connectivity index (χ4v) is 2.92. The summed E-state index contributed by atoms with van der Waals surface area (Å²) in [5.74, 6) is -0.490. The van der Waals surface area contributed by atoms with Crippen molar-refractivity contribution in [1.82, 2.24) is 10.3 Å². The first-order chi connectivity index (χ1) is 14.4. The number of carbonyl (C=O) groups is 2. The van der Waals surface area contributed by atoms with Gasteiger partial charge in [-0.05, 0) is 36.4 Å². The molecule has 2 aromatic carbocycles. The number of aromatic nitrogens is 1. The number of anilines is 1. The molecule has 1 aromatic heterocycles. The van der Waals surface area contributed by atoms with E-state index in [1.807, 2.05) is 6.07 Å². The van der Waals surface area contributed by atoms with Gasteiger partial charge in [-0.15, -0.1) is 0 Å². The van der Waals surface area contributed by atoms with Crippen LogP contribution < -0.4 is 15.5 Å². The Morgan fingerprint density at radius 1 is 1.17 bits per heavy atom. The molecule has 2 amide bonds. The number of hydrogen-bond donors (Lipinski definition) is 3. The molecule has 0 saturated heterocycles. The monoisotopic (exact) mass is 443 g/mol. The van der Waals surface area contributed by atoms with Crippen LogP contribution in [0.2, 0.25) is 10.0 Å². The maximum atomic E-state index is 11.5. The number of rotatable bonds is 5. The number of ether oxygens (including phenoxy) is 1. The SMILES string of the molecule is N#C/C(=N/Nc1cc(Cl)c(Oc2ccc3ncccc3c2)c(Cl)c1)C(=O)NC(=O)O. The zero-order chi connectivity index (χ0) is 21.7. The molecule has 0 aliphatic carbocycles. The lowest BCUT2D eigenvalue weighted by atomic mass is 10.2. The van der Waals surface area contributed by atoms with Crippen molar-refractivity contribution in [3.63, 3.8) is 0 Å². The van der Waals surface area contributed by atoms with E-state index >= 15 is 0 Å². The molecule has 3 aromatic rings. The molecule has 0 aliphatic heterocycles. The molecular weight excluding hydrogens is 433 g/mol. The van der Waals surface area contributed by atoms with Gasteiger partial charge in [0, 0.05) is 11.6 Å². The molecule has 0 unspecified atom stereocenters. The maximum absolute atomic E-state index is 11.5. The Kier molecular flexibility index (Phi) is 6.32. The van der Waals surface area contributed by atoms with E-state index in [2.05, 4.69) is 15.5 Å². The Morgan fingerprint density at radius 3 is 2.57 bits per heavy atom. The molecular formula is C19H11Cl2N5O4. The predicted octanol–water partition coefficient (Wildman–Crippen LogP) is 4.42. The minimum absolute atomic E-state index is 0.139. The van der Waals surface area contributed by atoms with Crippen LogP contribution in [0.5, 0.6) is 11.5 Å². The van der Waals surface area contributed by atoms with Gasteiger partial charge < -0.3 is 9.84 Å². The lowest BCUT2D eigenvalue weighted by Gasteiger charge is -2.12. The highest BCUT2D eigenvalue weighted by atomic mass is 35.5. The first kappa shape index (κ1) is 20.9. The first-order valence-corrected chi connectivity index (χ1v) is 8.92. The van der Waals surface area contributed by atoms with E-state index in [9.17, 15) is 9.59 Å². The molecule has 3 N–H and O–H groups in total. The van der Waals surface area contributed by atoms with Gasteiger partial charge in [-0.3, -0.25) is 20.5 Å². The van der Waals surface area contributed by atoms with Gasteiger partial charge in [0.25, 0.3) is 5.91 Å². The van der Waals surface area contributed by atoms with Gasteiger partial charge in [-0.2, -0.15) is 10.4 Å². The van der Waals surface area contributed by atoms with E-state index in [0.717, 1.165) is 10.9 Å². The summed E-state index contributed by atoms with van der Waals surface area (Å²) < 4.78 is 5.79. The molecule has 0 atom stereocenters. The van der Waals surface area contributed by atoms with E-state index in [-0.39, 0.29) is 21.5 Å². The van der Waals surface area contributed by atoms with Crippen molar-refractivity contribution >= 4 is 57.5 Å². The molecule has 0 aliphatic rings. The summed E-state index contributed by atoms with van der Waals surface area (Å²) in [5.41, 5.74) is 2.78. The van der Waals surface area contributed by atoms with Crippen molar-refractivity contribution in [3.05, 3.63) is 58.7 Å². The number of amides is 2. The average Bonchev–Trinajstić information content (AvgIpc) is 2.70. The van der Waals surface area contributed by atoms with Gasteiger partial charge in [0.2, 0.25) is 5.71 Å². The van der Waals surface area contributed by atoms with E-state index in [4.69, 9.17) is 38.3 Å². The van der Waals surface area contributed by atoms with E-state index in [1.165, 1.54) is 23.5 Å². The number of hydrazone groups is 1. The van der Waals surface area contributed by atoms with Crippen LogP contribution in [0.25, 0.3) is 10.9 Å². The Hall–Kier alpha value is -3.87. The molecule has 1 heterocycles. The van der Waals surface area contributed by atoms with Crippen molar-refractivity contribution in [2.45, 2.75) is 0 Å². The molecule has 9 nitrogen and oxygen atoms in total. The van der Waals surface area contributed by atoms with Crippen LogP contribution in [0.1, 0.15) is 0 Å². The third-order valence-electron chi connectivity index (χ3n) is 3.63. The van der Waals surface area contributed by atoms with Gasteiger partial charge in [0.15, 0.2) is 5.75 Å². The molecule has 0 spiro atoms. The summed E-state index contributed by atoms with van der Waals surface area (Å²) in [6.07, 6.45) is 0.0772. The summed E-state index contributed by atoms with van der Waals surface area (Å²) in [4.78, 5) is 26.2. The third-order valence-corrected chi connectivity index (χ3v) is 4.19. The molecule has 150 valence electrons. The number of hydrogen-bond acceptors (Lipinski definition) is 7. The second-order valence-electron chi connectivity index (χ2n) is 5.67. The quantitative estimate of drug-likeness (QED) is 0.391. The van der Waals surface area contributed by atoms with Gasteiger partial charge in [0.05, 0.1) is 21.2 Å². The minimum Gasteiger partial charge on any atom is -0.465 e. The van der Waals surface area contributed by atoms with Crippen molar-refractivity contribution in [2.24, 2.45) is 5.10 Å². The van der Waals surface area contributed by atoms with E-state index in [1.54, 1.807) is 30.5 Å². The number of benzene rings is 2. The number of pyridine rings is 1. The molecule has 0 saturated carbocycles. The molecule has 11 heteroatoms. The fraction of sp³-hybridized carbons (Fsp3) is 0. The summed E-state index contributed by atoms with van der Waals surface area (Å²) in [6.45, 7) is 0. The number of carboxylic acid groups (broad SMARTS) is 1. The Balaban J connectivity index is 1.81. The fourth-order valence-electron chi connectivity index (χ4n) is 2.36. The second-order valence-corrected chi connectivity index (χ2v) is 6.49. The summed E-state index contributed by atoms with van der Waals surface area (Å²) in [6, 6.07) is 13.3. The lowest BCUT2D eigenvalue weighted by Crippen LogP contribution is -2.34. The highest BCUT2D eigenvalue weighted by Gasteiger charge is 2.15. The van der Waals surface area contributed by atoms with Crippen molar-refractivity contribution in [3.8, 4) is 17.6 Å². The lowest BCUT2D eigenvalue weighted by molar-refractivity contribution is -0.114. The van der Waals surface area contributed by atoms with Crippen molar-refractivity contribution < 1.29 is 19.4 Å². The Morgan fingerprint density at radius 2 is 1.90 bits per heavy atom. The topological polar surface area (TPSA) is 137 Å². The normalized spacial score (nSPS) is 10.9. The smallest absolute Gasteiger partial charge is 0.411 e. The van der Waals surface area contributed by atoms with Crippen molar-refractivity contribution in [1.29, 1.82) is 5.26 Å². The number of halogens is 2. The van der Waals surface area contributed by atoms with Gasteiger partial charge in [-0.25, -0.2) is 4.79 Å². The standard InChI is InChI=1S/C19H11Cl2N5O4/c20-13-7-11(25-26-16(9-22)18(27)24-19(28)29)8-14(21)17(13)30-12-3-4-15-10(6-12)2-1-5-23-15/h1-8,25H,(H,24,27)(H,28,29)/b26-16-. The summed E-state index contributed by atoms with van der Waals surface area (Å²) >= 11 is 12.5. The largest absolute Gasteiger partial charge is 0.465 e. The zero-order valence-corrected chi connectivity index (χ0v) is 16.4. The number of nitriles is 1. The number of imide groups is 1. The molecule has 0 bridgehead atoms. The molecule has 30 heavy (non-hydrogen) atoms. The maximum Gasteiger partial charge on any atom is 0.411 e. The van der Waals surface area contributed by atoms with Crippen LogP contribution in [0.4, 0.5) is 10.5 Å². The van der Waals surface area contributed by atoms with Crippen LogP contribution >= 0.6 is 23.2 Å². The van der Waals surface area contributed by atoms with Crippen molar-refractivity contribution in [2.75, 3.05) is 5.43 Å². The van der Waals surface area contributed by atoms with E-state index < -0.39 is 17.7 Å². The van der Waals surface area contributed by atoms with Crippen LogP contribution in [0.3, 0.4) is 0 Å². The van der Waals surface area contributed by atoms with Crippen LogP contribution in [0, 0.1) is 11.3 Å². The average molecular weight is 444 g/mol.